The number of amides is 3. The number of hydrogen-bond acceptors (Lipinski definition) is 14. The number of carbonyl (C=O) groups is 3. The quantitative estimate of drug-likeness (QED) is 0.0380. The first-order valence-electron chi connectivity index (χ1n) is 18.0. The lowest BCUT2D eigenvalue weighted by molar-refractivity contribution is -0.220. The van der Waals surface area contributed by atoms with Crippen molar-refractivity contribution >= 4 is 46.8 Å². The fourth-order valence-corrected chi connectivity index (χ4v) is 2.14. The highest BCUT2D eigenvalue weighted by molar-refractivity contribution is 5.83. The van der Waals surface area contributed by atoms with Crippen LogP contribution < -0.4 is 5.43 Å². The number of aliphatic hydroxyl groups is 1. The van der Waals surface area contributed by atoms with Crippen molar-refractivity contribution in [1.82, 2.24) is 20.1 Å². The highest BCUT2D eigenvalue weighted by atomic mass is 19.4. The zero-order chi connectivity index (χ0) is 48.4. The maximum absolute atomic E-state index is 11.5. The van der Waals surface area contributed by atoms with Gasteiger partial charge in [-0.25, -0.2) is 0 Å². The van der Waals surface area contributed by atoms with Gasteiger partial charge in [-0.2, -0.15) is 10.0 Å². The van der Waals surface area contributed by atoms with Gasteiger partial charge in [-0.15, -0.1) is 18.3 Å². The number of allylic oxidation sites excluding steroid dienone is 1. The van der Waals surface area contributed by atoms with Gasteiger partial charge < -0.3 is 40.1 Å². The van der Waals surface area contributed by atoms with Gasteiger partial charge in [0.05, 0.1) is 17.1 Å². The van der Waals surface area contributed by atoms with Crippen molar-refractivity contribution in [2.75, 3.05) is 41.6 Å². The summed E-state index contributed by atoms with van der Waals surface area (Å²) in [4.78, 5) is 46.2. The summed E-state index contributed by atoms with van der Waals surface area (Å²) in [5, 5.41) is 33.5. The molecule has 0 bridgehead atoms. The number of halogens is 3. The molecule has 17 nitrogen and oxygen atoms in total. The highest BCUT2D eigenvalue weighted by Gasteiger charge is 2.38. The normalized spacial score (nSPS) is 9.02. The Balaban J connectivity index is -0.0000000847. The van der Waals surface area contributed by atoms with Crippen LogP contribution in [0.4, 0.5) is 13.2 Å². The van der Waals surface area contributed by atoms with Crippen LogP contribution in [0.15, 0.2) is 38.0 Å². The van der Waals surface area contributed by atoms with E-state index in [1.165, 1.54) is 44.8 Å². The number of rotatable bonds is 10. The van der Waals surface area contributed by atoms with Crippen molar-refractivity contribution in [2.24, 2.45) is 25.7 Å². The molecule has 344 valence electrons. The van der Waals surface area contributed by atoms with Crippen molar-refractivity contribution in [3.63, 3.8) is 0 Å². The molecule has 3 amide bonds. The van der Waals surface area contributed by atoms with E-state index in [9.17, 15) is 27.6 Å². The van der Waals surface area contributed by atoms with Crippen molar-refractivity contribution in [3.8, 4) is 24.5 Å². The van der Waals surface area contributed by atoms with Crippen molar-refractivity contribution in [1.29, 1.82) is 0 Å². The second-order valence-corrected chi connectivity index (χ2v) is 10.6. The number of hydrogen-bond donors (Lipinski definition) is 3. The Bertz CT molecular complexity index is 1300. The first-order chi connectivity index (χ1) is 27.4. The number of alkyl halides is 3. The second kappa shape index (κ2) is 54.5. The van der Waals surface area contributed by atoms with Gasteiger partial charge in [-0.1, -0.05) is 54.7 Å². The van der Waals surface area contributed by atoms with Crippen LogP contribution in [0, 0.1) is 24.5 Å². The average molecular weight is 854 g/mol. The van der Waals surface area contributed by atoms with Crippen LogP contribution >= 0.6 is 0 Å². The smallest absolute Gasteiger partial charge is 0.411 e. The van der Waals surface area contributed by atoms with Crippen LogP contribution in [0.5, 0.6) is 0 Å². The van der Waals surface area contributed by atoms with Crippen molar-refractivity contribution in [3.05, 3.63) is 12.3 Å². The molecule has 3 N–H and O–H groups in total. The van der Waals surface area contributed by atoms with E-state index in [1.54, 1.807) is 45.0 Å². The predicted octanol–water partition coefficient (Wildman–Crippen LogP) is 7.42. The molecule has 0 aromatic heterocycles. The van der Waals surface area contributed by atoms with Crippen LogP contribution in [0.3, 0.4) is 0 Å². The minimum absolute atomic E-state index is 0.0931. The molecule has 0 aliphatic carbocycles. The van der Waals surface area contributed by atoms with Crippen LogP contribution in [0.25, 0.3) is 0 Å². The molecular formula is C39H74F3N9O8. The fraction of sp³-hybridized carbons (Fsp3) is 0.641. The van der Waals surface area contributed by atoms with E-state index in [0.29, 0.717) is 0 Å². The number of oxime groups is 4. The standard InChI is InChI=1S/C7H13NO.C6H14N2.C6H9NO.C5H4F3NO.C4H9NO2.2C4H9NO.C3H7NO/c1-4-6-8(5-2)7(3)9;1-4-6(5-2)8-7-3;1-4-5-8-7-6(2)3;1-3-9(4(2)10)5(6,7)8;1-4(7)5(2)3-6;1-4(2)5-6-3;1-3-4(2)5-6;1-3-4-5-2/h4,6H,5H2,1-3H3;7H,4-5H2,1-3H3;1-3H3;1H,2H3;6H,3H2,1-2H3;1-3H3;6H,3H2,1-2H3;3H,1-2H3/b6-4+;;;;;;;4-3+. The minimum Gasteiger partial charge on any atom is -0.411 e. The second-order valence-electron chi connectivity index (χ2n) is 10.6. The maximum atomic E-state index is 11.5. The van der Waals surface area contributed by atoms with E-state index < -0.39 is 17.1 Å². The van der Waals surface area contributed by atoms with Gasteiger partial charge in [0.25, 0.3) is 0 Å². The van der Waals surface area contributed by atoms with E-state index in [1.807, 2.05) is 61.6 Å². The zero-order valence-corrected chi connectivity index (χ0v) is 38.9. The molecule has 0 rings (SSSR count). The van der Waals surface area contributed by atoms with Gasteiger partial charge in [0, 0.05) is 72.5 Å². The molecule has 0 aliphatic rings. The zero-order valence-electron chi connectivity index (χ0n) is 38.9. The molecule has 0 unspecified atom stereocenters. The average Bonchev–Trinajstić information content (AvgIpc) is 3.16. The molecule has 59 heavy (non-hydrogen) atoms. The Hall–Kier alpha value is -5.63. The summed E-state index contributed by atoms with van der Waals surface area (Å²) in [6, 6.07) is 1.20. The number of carbonyl (C=O) groups excluding carboxylic acids is 3. The minimum atomic E-state index is -4.76. The lowest BCUT2D eigenvalue weighted by Crippen LogP contribution is -2.37. The third-order valence-electron chi connectivity index (χ3n) is 5.15. The van der Waals surface area contributed by atoms with Gasteiger partial charge in [0.15, 0.2) is 0 Å². The third-order valence-corrected chi connectivity index (χ3v) is 5.15. The molecule has 0 radical (unpaired) electrons. The van der Waals surface area contributed by atoms with Gasteiger partial charge in [-0.3, -0.25) is 14.4 Å². The molecule has 0 atom stereocenters. The first-order valence-corrected chi connectivity index (χ1v) is 18.0. The summed E-state index contributed by atoms with van der Waals surface area (Å²) in [6.45, 7) is 27.0. The van der Waals surface area contributed by atoms with Gasteiger partial charge in [-0.05, 0) is 74.7 Å². The number of nitrogens with one attached hydrogen (secondary N) is 1. The Labute approximate surface area is 352 Å². The number of terminal acetylenes is 1. The first kappa shape index (κ1) is 71.1. The Morgan fingerprint density at radius 2 is 1.34 bits per heavy atom. The molecule has 0 saturated carbocycles. The van der Waals surface area contributed by atoms with Gasteiger partial charge in [0.2, 0.25) is 17.7 Å². The van der Waals surface area contributed by atoms with Crippen LogP contribution in [0.2, 0.25) is 0 Å². The summed E-state index contributed by atoms with van der Waals surface area (Å²) >= 11 is 0. The van der Waals surface area contributed by atoms with Gasteiger partial charge in [0.1, 0.15) is 27.1 Å². The summed E-state index contributed by atoms with van der Waals surface area (Å²) in [7, 11) is 6.40. The maximum Gasteiger partial charge on any atom is 0.498 e. The summed E-state index contributed by atoms with van der Waals surface area (Å²) in [6.07, 6.45) is 10.1. The van der Waals surface area contributed by atoms with E-state index >= 15 is 0 Å². The number of nitrogens with zero attached hydrogens (tertiary/aromatic N) is 8. The molecule has 0 aromatic rings. The molecule has 0 spiro atoms. The fourth-order valence-electron chi connectivity index (χ4n) is 2.14. The Kier molecular flexibility index (Phi) is 65.6. The van der Waals surface area contributed by atoms with E-state index in [0.717, 1.165) is 49.9 Å². The Morgan fingerprint density at radius 3 is 1.42 bits per heavy atom. The van der Waals surface area contributed by atoms with E-state index in [2.05, 4.69) is 78.0 Å². The third kappa shape index (κ3) is 74.0. The molecule has 20 heteroatoms. The molecule has 0 aromatic carbocycles. The molecular weight excluding hydrogens is 779 g/mol. The molecule has 0 aliphatic heterocycles. The van der Waals surface area contributed by atoms with Crippen LogP contribution in [0.1, 0.15) is 123 Å². The molecule has 0 heterocycles. The van der Waals surface area contributed by atoms with Gasteiger partial charge >= 0.3 is 6.30 Å². The van der Waals surface area contributed by atoms with Crippen LogP contribution in [-0.4, -0.2) is 120 Å². The largest absolute Gasteiger partial charge is 0.498 e. The van der Waals surface area contributed by atoms with Crippen molar-refractivity contribution < 1.29 is 52.4 Å². The summed E-state index contributed by atoms with van der Waals surface area (Å²) in [5.41, 5.74) is 6.57. The predicted molar refractivity (Wildman–Crippen MR) is 233 cm³/mol. The topological polar surface area (TPSA) is 203 Å². The SMILES string of the molecule is C#CN(C(C)=O)C(F)(F)F.C/C=C/N(CC)C(C)=O.C/C=N/OC.CC#CON=C(C)C.CC(=O)N(C)CO.CCC(C)=NO.CCC(CC)=NNC.CON=C(C)C. The lowest BCUT2D eigenvalue weighted by atomic mass is 10.2. The van der Waals surface area contributed by atoms with Crippen molar-refractivity contribution in [2.45, 2.75) is 129 Å². The van der Waals surface area contributed by atoms with E-state index in [4.69, 9.17) is 10.3 Å². The highest BCUT2D eigenvalue weighted by Crippen LogP contribution is 2.19. The van der Waals surface area contributed by atoms with E-state index in [-0.39, 0.29) is 18.5 Å². The summed E-state index contributed by atoms with van der Waals surface area (Å²) < 4.78 is 34.6. The van der Waals surface area contributed by atoms with Crippen LogP contribution in [-0.2, 0) is 28.9 Å². The lowest BCUT2D eigenvalue weighted by Gasteiger charge is -2.15. The number of aliphatic hydroxyl groups excluding tert-OH is 1. The number of hydrazone groups is 1. The summed E-state index contributed by atoms with van der Waals surface area (Å²) in [5.74, 6) is 1.30. The monoisotopic (exact) mass is 854 g/mol. The molecule has 0 saturated heterocycles. The Morgan fingerprint density at radius 1 is 0.847 bits per heavy atom. The molecule has 0 fully saturated rings.